The van der Waals surface area contributed by atoms with Crippen LogP contribution in [0.15, 0.2) is 54.9 Å². The SMILES string of the molecule is O=C(Nc1ccc(CCl)cc1)c1ccc2nccnc2c1. The summed E-state index contributed by atoms with van der Waals surface area (Å²) in [4.78, 5) is 20.6. The number of carbonyl (C=O) groups is 1. The van der Waals surface area contributed by atoms with E-state index >= 15 is 0 Å². The second-order valence-electron chi connectivity index (χ2n) is 4.54. The van der Waals surface area contributed by atoms with E-state index in [0.717, 1.165) is 16.8 Å². The Labute approximate surface area is 126 Å². The lowest BCUT2D eigenvalue weighted by Gasteiger charge is -2.06. The zero-order valence-corrected chi connectivity index (χ0v) is 11.8. The van der Waals surface area contributed by atoms with Gasteiger partial charge in [0.2, 0.25) is 0 Å². The van der Waals surface area contributed by atoms with Crippen LogP contribution in [0.1, 0.15) is 15.9 Å². The second-order valence-corrected chi connectivity index (χ2v) is 4.81. The molecule has 0 aliphatic rings. The smallest absolute Gasteiger partial charge is 0.255 e. The van der Waals surface area contributed by atoms with Crippen molar-refractivity contribution in [2.45, 2.75) is 5.88 Å². The number of rotatable bonds is 3. The summed E-state index contributed by atoms with van der Waals surface area (Å²) in [5.74, 6) is 0.276. The van der Waals surface area contributed by atoms with Crippen LogP contribution in [0.25, 0.3) is 11.0 Å². The molecule has 4 nitrogen and oxygen atoms in total. The average molecular weight is 298 g/mol. The van der Waals surface area contributed by atoms with Crippen LogP contribution in [0.5, 0.6) is 0 Å². The topological polar surface area (TPSA) is 54.9 Å². The molecule has 0 spiro atoms. The van der Waals surface area contributed by atoms with Crippen LogP contribution >= 0.6 is 11.6 Å². The van der Waals surface area contributed by atoms with Gasteiger partial charge in [0.1, 0.15) is 0 Å². The van der Waals surface area contributed by atoms with Gasteiger partial charge in [-0.15, -0.1) is 11.6 Å². The van der Waals surface area contributed by atoms with Crippen LogP contribution in [-0.2, 0) is 5.88 Å². The highest BCUT2D eigenvalue weighted by Gasteiger charge is 2.07. The highest BCUT2D eigenvalue weighted by atomic mass is 35.5. The molecule has 3 aromatic rings. The van der Waals surface area contributed by atoms with Crippen molar-refractivity contribution in [1.29, 1.82) is 0 Å². The van der Waals surface area contributed by atoms with Crippen molar-refractivity contribution >= 4 is 34.2 Å². The van der Waals surface area contributed by atoms with E-state index in [4.69, 9.17) is 11.6 Å². The van der Waals surface area contributed by atoms with Gasteiger partial charge < -0.3 is 5.32 Å². The molecular weight excluding hydrogens is 286 g/mol. The fourth-order valence-corrected chi connectivity index (χ4v) is 2.16. The van der Waals surface area contributed by atoms with Crippen LogP contribution in [0.2, 0.25) is 0 Å². The lowest BCUT2D eigenvalue weighted by molar-refractivity contribution is 0.102. The second kappa shape index (κ2) is 5.89. The standard InChI is InChI=1S/C16H12ClN3O/c17-10-11-1-4-13(5-2-11)20-16(21)12-3-6-14-15(9-12)19-8-7-18-14/h1-9H,10H2,(H,20,21). The number of fused-ring (bicyclic) bond motifs is 1. The molecule has 104 valence electrons. The number of amides is 1. The molecule has 5 heteroatoms. The Morgan fingerprint density at radius 3 is 2.43 bits per heavy atom. The fraction of sp³-hybridized carbons (Fsp3) is 0.0625. The summed E-state index contributed by atoms with van der Waals surface area (Å²) in [6.07, 6.45) is 3.23. The Hall–Kier alpha value is -2.46. The quantitative estimate of drug-likeness (QED) is 0.751. The predicted molar refractivity (Wildman–Crippen MR) is 83.5 cm³/mol. The minimum atomic E-state index is -0.179. The van der Waals surface area contributed by atoms with Gasteiger partial charge in [0.25, 0.3) is 5.91 Å². The molecule has 0 radical (unpaired) electrons. The Morgan fingerprint density at radius 1 is 1.00 bits per heavy atom. The van der Waals surface area contributed by atoms with Gasteiger partial charge in [-0.1, -0.05) is 12.1 Å². The number of anilines is 1. The van der Waals surface area contributed by atoms with Gasteiger partial charge in [-0.2, -0.15) is 0 Å². The third kappa shape index (κ3) is 3.01. The van der Waals surface area contributed by atoms with Crippen molar-refractivity contribution in [1.82, 2.24) is 9.97 Å². The number of hydrogen-bond donors (Lipinski definition) is 1. The van der Waals surface area contributed by atoms with Gasteiger partial charge in [-0.3, -0.25) is 14.8 Å². The number of carbonyl (C=O) groups excluding carboxylic acids is 1. The van der Waals surface area contributed by atoms with E-state index in [0.29, 0.717) is 17.0 Å². The molecule has 0 saturated heterocycles. The molecule has 0 saturated carbocycles. The third-order valence-electron chi connectivity index (χ3n) is 3.10. The molecule has 1 aromatic heterocycles. The first-order valence-corrected chi connectivity index (χ1v) is 6.97. The van der Waals surface area contributed by atoms with Gasteiger partial charge in [0, 0.05) is 29.5 Å². The maximum Gasteiger partial charge on any atom is 0.255 e. The summed E-state index contributed by atoms with van der Waals surface area (Å²) in [5.41, 5.74) is 3.75. The fourth-order valence-electron chi connectivity index (χ4n) is 1.98. The highest BCUT2D eigenvalue weighted by molar-refractivity contribution is 6.17. The Morgan fingerprint density at radius 2 is 1.71 bits per heavy atom. The molecule has 0 aliphatic carbocycles. The number of aromatic nitrogens is 2. The van der Waals surface area contributed by atoms with Crippen LogP contribution < -0.4 is 5.32 Å². The van der Waals surface area contributed by atoms with E-state index in [2.05, 4.69) is 15.3 Å². The summed E-state index contributed by atoms with van der Waals surface area (Å²) in [7, 11) is 0. The zero-order chi connectivity index (χ0) is 14.7. The molecular formula is C16H12ClN3O. The van der Waals surface area contributed by atoms with E-state index in [1.807, 2.05) is 24.3 Å². The van der Waals surface area contributed by atoms with Crippen molar-refractivity contribution < 1.29 is 4.79 Å². The van der Waals surface area contributed by atoms with Gasteiger partial charge in [-0.25, -0.2) is 0 Å². The van der Waals surface area contributed by atoms with E-state index in [1.54, 1.807) is 30.6 Å². The first-order chi connectivity index (χ1) is 10.3. The first kappa shape index (κ1) is 13.5. The average Bonchev–Trinajstić information content (AvgIpc) is 2.55. The Balaban J connectivity index is 1.82. The van der Waals surface area contributed by atoms with Crippen LogP contribution in [0.4, 0.5) is 5.69 Å². The number of nitrogens with one attached hydrogen (secondary N) is 1. The third-order valence-corrected chi connectivity index (χ3v) is 3.41. The van der Waals surface area contributed by atoms with E-state index < -0.39 is 0 Å². The molecule has 1 amide bonds. The summed E-state index contributed by atoms with van der Waals surface area (Å²) in [6, 6.07) is 12.7. The molecule has 0 atom stereocenters. The summed E-state index contributed by atoms with van der Waals surface area (Å²) < 4.78 is 0. The molecule has 3 rings (SSSR count). The van der Waals surface area contributed by atoms with Crippen molar-refractivity contribution in [3.8, 4) is 0 Å². The maximum absolute atomic E-state index is 12.2. The Kier molecular flexibility index (Phi) is 3.79. The van der Waals surface area contributed by atoms with Gasteiger partial charge >= 0.3 is 0 Å². The maximum atomic E-state index is 12.2. The first-order valence-electron chi connectivity index (χ1n) is 6.43. The van der Waals surface area contributed by atoms with Crippen LogP contribution in [0, 0.1) is 0 Å². The molecule has 21 heavy (non-hydrogen) atoms. The zero-order valence-electron chi connectivity index (χ0n) is 11.1. The number of halogens is 1. The van der Waals surface area contributed by atoms with Gasteiger partial charge in [0.15, 0.2) is 0 Å². The lowest BCUT2D eigenvalue weighted by Crippen LogP contribution is -2.11. The summed E-state index contributed by atoms with van der Waals surface area (Å²) in [5, 5.41) is 2.84. The highest BCUT2D eigenvalue weighted by Crippen LogP contribution is 2.15. The van der Waals surface area contributed by atoms with Crippen LogP contribution in [0.3, 0.4) is 0 Å². The Bertz CT molecular complexity index is 787. The molecule has 0 fully saturated rings. The molecule has 1 heterocycles. The monoisotopic (exact) mass is 297 g/mol. The molecule has 0 aliphatic heterocycles. The normalized spacial score (nSPS) is 10.5. The minimum absolute atomic E-state index is 0.179. The summed E-state index contributed by atoms with van der Waals surface area (Å²) >= 11 is 5.74. The van der Waals surface area contributed by atoms with E-state index in [9.17, 15) is 4.79 Å². The van der Waals surface area contributed by atoms with Crippen molar-refractivity contribution in [2.24, 2.45) is 0 Å². The van der Waals surface area contributed by atoms with Gasteiger partial charge in [-0.05, 0) is 35.9 Å². The molecule has 0 bridgehead atoms. The minimum Gasteiger partial charge on any atom is -0.322 e. The molecule has 0 unspecified atom stereocenters. The summed E-state index contributed by atoms with van der Waals surface area (Å²) in [6.45, 7) is 0. The largest absolute Gasteiger partial charge is 0.322 e. The van der Waals surface area contributed by atoms with E-state index in [1.165, 1.54) is 0 Å². The number of nitrogens with zero attached hydrogens (tertiary/aromatic N) is 2. The number of benzene rings is 2. The van der Waals surface area contributed by atoms with Gasteiger partial charge in [0.05, 0.1) is 11.0 Å². The number of alkyl halides is 1. The number of hydrogen-bond acceptors (Lipinski definition) is 3. The van der Waals surface area contributed by atoms with Crippen LogP contribution in [-0.4, -0.2) is 15.9 Å². The lowest BCUT2D eigenvalue weighted by atomic mass is 10.1. The van der Waals surface area contributed by atoms with Crippen molar-refractivity contribution in [3.05, 3.63) is 66.0 Å². The van der Waals surface area contributed by atoms with Crippen molar-refractivity contribution in [2.75, 3.05) is 5.32 Å². The van der Waals surface area contributed by atoms with E-state index in [-0.39, 0.29) is 5.91 Å². The molecule has 1 N–H and O–H groups in total. The predicted octanol–water partition coefficient (Wildman–Crippen LogP) is 3.62. The van der Waals surface area contributed by atoms with Crippen molar-refractivity contribution in [3.63, 3.8) is 0 Å². The molecule has 2 aromatic carbocycles.